The molecular formula is C15H13ClN4OS. The number of halogens is 1. The standard InChI is InChI=1S/C15H13ClN4OS/c16-13-8-6-12(7-9-13)15-17-19-20(18-15)10-11-22(21)14-4-2-1-3-5-14/h1-9H,10-11H2. The van der Waals surface area contributed by atoms with Crippen molar-refractivity contribution in [3.63, 3.8) is 0 Å². The molecule has 0 spiro atoms. The molecule has 0 saturated heterocycles. The number of benzene rings is 2. The van der Waals surface area contributed by atoms with Gasteiger partial charge in [-0.2, -0.15) is 4.80 Å². The van der Waals surface area contributed by atoms with Gasteiger partial charge in [0.05, 0.1) is 17.3 Å². The topological polar surface area (TPSA) is 60.7 Å². The number of nitrogens with zero attached hydrogens (tertiary/aromatic N) is 4. The van der Waals surface area contributed by atoms with Crippen molar-refractivity contribution < 1.29 is 4.21 Å². The van der Waals surface area contributed by atoms with Gasteiger partial charge >= 0.3 is 0 Å². The number of hydrogen-bond acceptors (Lipinski definition) is 4. The largest absolute Gasteiger partial charge is 0.254 e. The maximum atomic E-state index is 12.1. The molecule has 2 aromatic carbocycles. The Morgan fingerprint density at radius 2 is 1.77 bits per heavy atom. The van der Waals surface area contributed by atoms with Crippen LogP contribution in [0.5, 0.6) is 0 Å². The van der Waals surface area contributed by atoms with Gasteiger partial charge in [0.15, 0.2) is 0 Å². The second kappa shape index (κ2) is 6.81. The zero-order chi connectivity index (χ0) is 15.4. The maximum absolute atomic E-state index is 12.1. The number of hydrogen-bond donors (Lipinski definition) is 0. The van der Waals surface area contributed by atoms with E-state index in [2.05, 4.69) is 15.4 Å². The minimum Gasteiger partial charge on any atom is -0.254 e. The Morgan fingerprint density at radius 1 is 1.05 bits per heavy atom. The zero-order valence-corrected chi connectivity index (χ0v) is 13.2. The summed E-state index contributed by atoms with van der Waals surface area (Å²) in [6, 6.07) is 16.6. The predicted molar refractivity (Wildman–Crippen MR) is 86.0 cm³/mol. The first-order valence-electron chi connectivity index (χ1n) is 6.69. The molecule has 0 aliphatic rings. The lowest BCUT2D eigenvalue weighted by Gasteiger charge is -2.01. The van der Waals surface area contributed by atoms with Crippen molar-refractivity contribution in [3.8, 4) is 11.4 Å². The van der Waals surface area contributed by atoms with Crippen LogP contribution in [-0.4, -0.2) is 30.2 Å². The molecule has 3 aromatic rings. The minimum atomic E-state index is -1.07. The molecule has 22 heavy (non-hydrogen) atoms. The van der Waals surface area contributed by atoms with Crippen LogP contribution < -0.4 is 0 Å². The molecule has 0 fully saturated rings. The quantitative estimate of drug-likeness (QED) is 0.721. The third-order valence-corrected chi connectivity index (χ3v) is 4.64. The second-order valence-electron chi connectivity index (χ2n) is 4.58. The molecule has 1 unspecified atom stereocenters. The van der Waals surface area contributed by atoms with Crippen molar-refractivity contribution in [3.05, 3.63) is 59.6 Å². The van der Waals surface area contributed by atoms with Gasteiger partial charge < -0.3 is 0 Å². The van der Waals surface area contributed by atoms with E-state index in [0.717, 1.165) is 10.5 Å². The van der Waals surface area contributed by atoms with Crippen LogP contribution in [0.15, 0.2) is 59.5 Å². The summed E-state index contributed by atoms with van der Waals surface area (Å²) in [5.41, 5.74) is 0.847. The van der Waals surface area contributed by atoms with Gasteiger partial charge in [-0.1, -0.05) is 29.8 Å². The van der Waals surface area contributed by atoms with E-state index in [0.29, 0.717) is 23.1 Å². The average molecular weight is 333 g/mol. The van der Waals surface area contributed by atoms with Gasteiger partial charge in [-0.3, -0.25) is 4.21 Å². The van der Waals surface area contributed by atoms with E-state index < -0.39 is 10.8 Å². The first-order valence-corrected chi connectivity index (χ1v) is 8.39. The summed E-state index contributed by atoms with van der Waals surface area (Å²) in [4.78, 5) is 2.27. The molecule has 112 valence electrons. The lowest BCUT2D eigenvalue weighted by atomic mass is 10.2. The highest BCUT2D eigenvalue weighted by molar-refractivity contribution is 7.85. The first-order chi connectivity index (χ1) is 10.7. The van der Waals surface area contributed by atoms with Crippen LogP contribution in [0.3, 0.4) is 0 Å². The average Bonchev–Trinajstić information content (AvgIpc) is 3.03. The van der Waals surface area contributed by atoms with Crippen LogP contribution in [0.4, 0.5) is 0 Å². The van der Waals surface area contributed by atoms with Gasteiger partial charge in [0.25, 0.3) is 0 Å². The molecule has 0 aliphatic carbocycles. The zero-order valence-electron chi connectivity index (χ0n) is 11.6. The fourth-order valence-electron chi connectivity index (χ4n) is 1.91. The Balaban J connectivity index is 1.65. The van der Waals surface area contributed by atoms with E-state index in [1.807, 2.05) is 42.5 Å². The molecule has 0 bridgehead atoms. The van der Waals surface area contributed by atoms with Crippen molar-refractivity contribution in [2.75, 3.05) is 5.75 Å². The molecule has 0 saturated carbocycles. The molecule has 0 amide bonds. The highest BCUT2D eigenvalue weighted by Gasteiger charge is 2.08. The molecule has 1 atom stereocenters. The predicted octanol–water partition coefficient (Wildman–Crippen LogP) is 2.80. The van der Waals surface area contributed by atoms with Crippen LogP contribution in [0.2, 0.25) is 5.02 Å². The Bertz CT molecular complexity index is 774. The van der Waals surface area contributed by atoms with Gasteiger partial charge in [-0.15, -0.1) is 10.2 Å². The molecule has 1 heterocycles. The number of tetrazole rings is 1. The fourth-order valence-corrected chi connectivity index (χ4v) is 3.06. The lowest BCUT2D eigenvalue weighted by Crippen LogP contribution is -2.10. The van der Waals surface area contributed by atoms with Gasteiger partial charge in [0.2, 0.25) is 5.82 Å². The molecule has 0 radical (unpaired) electrons. The van der Waals surface area contributed by atoms with Crippen molar-refractivity contribution in [1.29, 1.82) is 0 Å². The molecule has 3 rings (SSSR count). The Kier molecular flexibility index (Phi) is 4.60. The van der Waals surface area contributed by atoms with Gasteiger partial charge in [0.1, 0.15) is 0 Å². The minimum absolute atomic E-state index is 0.445. The van der Waals surface area contributed by atoms with Crippen molar-refractivity contribution in [1.82, 2.24) is 20.2 Å². The fraction of sp³-hybridized carbons (Fsp3) is 0.133. The summed E-state index contributed by atoms with van der Waals surface area (Å²) in [5.74, 6) is 0.975. The van der Waals surface area contributed by atoms with E-state index in [1.54, 1.807) is 12.1 Å². The highest BCUT2D eigenvalue weighted by Crippen LogP contribution is 2.17. The van der Waals surface area contributed by atoms with Crippen LogP contribution in [0.1, 0.15) is 0 Å². The summed E-state index contributed by atoms with van der Waals surface area (Å²) in [7, 11) is -1.07. The molecule has 5 nitrogen and oxygen atoms in total. The van der Waals surface area contributed by atoms with E-state index in [9.17, 15) is 4.21 Å². The molecule has 0 aliphatic heterocycles. The normalized spacial score (nSPS) is 12.2. The SMILES string of the molecule is O=S(CCn1nnc(-c2ccc(Cl)cc2)n1)c1ccccc1. The third kappa shape index (κ3) is 3.58. The van der Waals surface area contributed by atoms with Gasteiger partial charge in [-0.05, 0) is 41.6 Å². The molecule has 1 aromatic heterocycles. The van der Waals surface area contributed by atoms with Crippen LogP contribution in [0, 0.1) is 0 Å². The van der Waals surface area contributed by atoms with E-state index in [-0.39, 0.29) is 0 Å². The van der Waals surface area contributed by atoms with Crippen LogP contribution in [0.25, 0.3) is 11.4 Å². The second-order valence-corrected chi connectivity index (χ2v) is 6.59. The smallest absolute Gasteiger partial charge is 0.204 e. The Labute approximate surface area is 135 Å². The lowest BCUT2D eigenvalue weighted by molar-refractivity contribution is 0.552. The van der Waals surface area contributed by atoms with Crippen molar-refractivity contribution in [2.24, 2.45) is 0 Å². The number of aryl methyl sites for hydroxylation is 1. The molecular weight excluding hydrogens is 320 g/mol. The van der Waals surface area contributed by atoms with Crippen molar-refractivity contribution >= 4 is 22.4 Å². The maximum Gasteiger partial charge on any atom is 0.204 e. The number of aromatic nitrogens is 4. The van der Waals surface area contributed by atoms with E-state index >= 15 is 0 Å². The summed E-state index contributed by atoms with van der Waals surface area (Å²) >= 11 is 5.85. The monoisotopic (exact) mass is 332 g/mol. The Morgan fingerprint density at radius 3 is 2.50 bits per heavy atom. The summed E-state index contributed by atoms with van der Waals surface area (Å²) in [6.45, 7) is 0.447. The van der Waals surface area contributed by atoms with Gasteiger partial charge in [-0.25, -0.2) is 0 Å². The summed E-state index contributed by atoms with van der Waals surface area (Å²) in [5, 5.41) is 12.9. The van der Waals surface area contributed by atoms with Crippen molar-refractivity contribution in [2.45, 2.75) is 11.4 Å². The molecule has 0 N–H and O–H groups in total. The molecule has 7 heteroatoms. The third-order valence-electron chi connectivity index (χ3n) is 3.04. The van der Waals surface area contributed by atoms with Crippen LogP contribution in [-0.2, 0) is 17.3 Å². The summed E-state index contributed by atoms with van der Waals surface area (Å²) < 4.78 is 12.1. The summed E-state index contributed by atoms with van der Waals surface area (Å²) in [6.07, 6.45) is 0. The number of rotatable bonds is 5. The highest BCUT2D eigenvalue weighted by atomic mass is 35.5. The van der Waals surface area contributed by atoms with E-state index in [1.165, 1.54) is 4.80 Å². The van der Waals surface area contributed by atoms with Gasteiger partial charge in [0, 0.05) is 21.2 Å². The van der Waals surface area contributed by atoms with E-state index in [4.69, 9.17) is 11.6 Å². The van der Waals surface area contributed by atoms with Crippen LogP contribution >= 0.6 is 11.6 Å². The Hall–Kier alpha value is -2.05. The first kappa shape index (κ1) is 14.9.